The zero-order valence-electron chi connectivity index (χ0n) is 21.5. The average molecular weight is 539 g/mol. The first-order valence-corrected chi connectivity index (χ1v) is 13.2. The first kappa shape index (κ1) is 24.2. The van der Waals surface area contributed by atoms with Crippen LogP contribution in [0.5, 0.6) is 11.5 Å². The van der Waals surface area contributed by atoms with Gasteiger partial charge in [-0.15, -0.1) is 0 Å². The van der Waals surface area contributed by atoms with Crippen LogP contribution in [0, 0.1) is 0 Å². The van der Waals surface area contributed by atoms with E-state index in [4.69, 9.17) is 9.47 Å². The average Bonchev–Trinajstić information content (AvgIpc) is 3.34. The quantitative estimate of drug-likeness (QED) is 0.493. The van der Waals surface area contributed by atoms with E-state index in [0.29, 0.717) is 48.7 Å². The fourth-order valence-electron chi connectivity index (χ4n) is 6.15. The Morgan fingerprint density at radius 1 is 0.600 bits per heavy atom. The molecule has 7 rings (SSSR count). The normalized spacial score (nSPS) is 24.9. The summed E-state index contributed by atoms with van der Waals surface area (Å²) < 4.78 is 11.4. The highest BCUT2D eigenvalue weighted by Crippen LogP contribution is 2.42. The molecule has 0 unspecified atom stereocenters. The summed E-state index contributed by atoms with van der Waals surface area (Å²) in [7, 11) is 0. The van der Waals surface area contributed by atoms with Crippen LogP contribution in [0.25, 0.3) is 0 Å². The van der Waals surface area contributed by atoms with Crippen molar-refractivity contribution in [3.63, 3.8) is 0 Å². The number of benzene rings is 3. The number of rotatable bonds is 4. The predicted molar refractivity (Wildman–Crippen MR) is 141 cm³/mol. The molecule has 2 atom stereocenters. The minimum Gasteiger partial charge on any atom is -0.493 e. The van der Waals surface area contributed by atoms with Crippen LogP contribution in [0.1, 0.15) is 35.1 Å². The van der Waals surface area contributed by atoms with Gasteiger partial charge in [0.25, 0.3) is 11.8 Å². The number of ether oxygens (including phenoxy) is 2. The number of hydrogen-bond donors (Lipinski definition) is 2. The number of carbonyl (C=O) groups is 4. The SMILES string of the molecule is O=C1N[C@@]2(CCOc3ccccc32)C(=O)N1Cc1ccc(CN2C(=O)N[C@]3(CCOc4ccccc43)C2=O)cc1. The molecular weight excluding hydrogens is 512 g/mol. The number of hydrogen-bond acceptors (Lipinski definition) is 6. The molecule has 0 aliphatic carbocycles. The van der Waals surface area contributed by atoms with Crippen molar-refractivity contribution in [2.45, 2.75) is 37.0 Å². The van der Waals surface area contributed by atoms with E-state index in [1.807, 2.05) is 36.4 Å². The fourth-order valence-corrected chi connectivity index (χ4v) is 6.15. The zero-order valence-corrected chi connectivity index (χ0v) is 21.5. The number of nitrogens with one attached hydrogen (secondary N) is 2. The summed E-state index contributed by atoms with van der Waals surface area (Å²) in [6, 6.07) is 20.8. The molecule has 0 bridgehead atoms. The molecule has 4 aliphatic heterocycles. The summed E-state index contributed by atoms with van der Waals surface area (Å²) in [6.45, 7) is 0.847. The maximum absolute atomic E-state index is 13.6. The van der Waals surface area contributed by atoms with Gasteiger partial charge in [-0.3, -0.25) is 19.4 Å². The third-order valence-corrected chi connectivity index (χ3v) is 8.22. The lowest BCUT2D eigenvalue weighted by molar-refractivity contribution is -0.133. The van der Waals surface area contributed by atoms with Gasteiger partial charge < -0.3 is 20.1 Å². The van der Waals surface area contributed by atoms with Crippen molar-refractivity contribution in [1.82, 2.24) is 20.4 Å². The van der Waals surface area contributed by atoms with Crippen LogP contribution in [0.2, 0.25) is 0 Å². The molecule has 0 aromatic heterocycles. The van der Waals surface area contributed by atoms with Crippen LogP contribution < -0.4 is 20.1 Å². The number of amides is 6. The molecule has 2 saturated heterocycles. The Bertz CT molecular complexity index is 1460. The molecule has 0 radical (unpaired) electrons. The summed E-state index contributed by atoms with van der Waals surface area (Å²) in [6.07, 6.45) is 0.710. The molecule has 4 aliphatic rings. The van der Waals surface area contributed by atoms with Crippen LogP contribution >= 0.6 is 0 Å². The molecule has 40 heavy (non-hydrogen) atoms. The van der Waals surface area contributed by atoms with Crippen molar-refractivity contribution >= 4 is 23.9 Å². The Morgan fingerprint density at radius 3 is 1.43 bits per heavy atom. The number of carbonyl (C=O) groups excluding carboxylic acids is 4. The third-order valence-electron chi connectivity index (χ3n) is 8.22. The van der Waals surface area contributed by atoms with Gasteiger partial charge in [-0.1, -0.05) is 60.7 Å². The predicted octanol–water partition coefficient (Wildman–Crippen LogP) is 3.15. The molecule has 4 heterocycles. The van der Waals surface area contributed by atoms with E-state index in [1.54, 1.807) is 36.4 Å². The van der Waals surface area contributed by atoms with Gasteiger partial charge in [0.05, 0.1) is 26.3 Å². The van der Waals surface area contributed by atoms with E-state index in [1.165, 1.54) is 9.80 Å². The van der Waals surface area contributed by atoms with Crippen LogP contribution in [0.3, 0.4) is 0 Å². The highest BCUT2D eigenvalue weighted by Gasteiger charge is 2.56. The second-order valence-corrected chi connectivity index (χ2v) is 10.5. The number of imide groups is 2. The third kappa shape index (κ3) is 3.48. The molecular formula is C30H26N4O6. The Morgan fingerprint density at radius 2 is 1.00 bits per heavy atom. The van der Waals surface area contributed by atoms with Gasteiger partial charge in [-0.25, -0.2) is 9.59 Å². The second kappa shape index (κ2) is 8.84. The zero-order chi connectivity index (χ0) is 27.5. The number of fused-ring (bicyclic) bond motifs is 4. The summed E-state index contributed by atoms with van der Waals surface area (Å²) >= 11 is 0. The summed E-state index contributed by atoms with van der Waals surface area (Å²) in [4.78, 5) is 55.4. The van der Waals surface area contributed by atoms with Gasteiger partial charge >= 0.3 is 12.1 Å². The Balaban J connectivity index is 1.07. The molecule has 2 N–H and O–H groups in total. The maximum Gasteiger partial charge on any atom is 0.325 e. The highest BCUT2D eigenvalue weighted by atomic mass is 16.5. The van der Waals surface area contributed by atoms with Crippen molar-refractivity contribution < 1.29 is 28.7 Å². The van der Waals surface area contributed by atoms with Crippen molar-refractivity contribution in [2.24, 2.45) is 0 Å². The molecule has 10 nitrogen and oxygen atoms in total. The number of urea groups is 2. The molecule has 10 heteroatoms. The van der Waals surface area contributed by atoms with Gasteiger partial charge in [-0.05, 0) is 23.3 Å². The van der Waals surface area contributed by atoms with Crippen molar-refractivity contribution in [1.29, 1.82) is 0 Å². The Hall–Kier alpha value is -4.86. The Kier molecular flexibility index (Phi) is 5.35. The lowest BCUT2D eigenvalue weighted by Gasteiger charge is -2.33. The van der Waals surface area contributed by atoms with E-state index < -0.39 is 23.1 Å². The molecule has 2 spiro atoms. The largest absolute Gasteiger partial charge is 0.493 e. The number of nitrogens with zero attached hydrogens (tertiary/aromatic N) is 2. The van der Waals surface area contributed by atoms with Gasteiger partial charge in [-0.2, -0.15) is 0 Å². The molecule has 3 aromatic carbocycles. The van der Waals surface area contributed by atoms with Crippen molar-refractivity contribution in [3.8, 4) is 11.5 Å². The second-order valence-electron chi connectivity index (χ2n) is 10.5. The van der Waals surface area contributed by atoms with Crippen LogP contribution in [0.15, 0.2) is 72.8 Å². The number of para-hydroxylation sites is 2. The summed E-state index contributed by atoms with van der Waals surface area (Å²) in [5.41, 5.74) is 0.558. The summed E-state index contributed by atoms with van der Waals surface area (Å²) in [5.74, 6) is 0.581. The molecule has 2 fully saturated rings. The first-order chi connectivity index (χ1) is 19.4. The lowest BCUT2D eigenvalue weighted by Crippen LogP contribution is -2.47. The topological polar surface area (TPSA) is 117 Å². The molecule has 202 valence electrons. The maximum atomic E-state index is 13.6. The van der Waals surface area contributed by atoms with Gasteiger partial charge in [0.15, 0.2) is 11.1 Å². The summed E-state index contributed by atoms with van der Waals surface area (Å²) in [5, 5.41) is 5.82. The standard InChI is InChI=1S/C30H26N4O6/c35-25-29(13-15-39-23-7-3-1-5-21(23)29)31-27(37)33(25)17-19-9-11-20(12-10-19)18-34-26(36)30(32-28(34)38)14-16-40-24-8-4-2-6-22(24)30/h1-12H,13-18H2,(H,31,37)(H,32,38)/t29-,30+. The van der Waals surface area contributed by atoms with E-state index in [-0.39, 0.29) is 24.9 Å². The van der Waals surface area contributed by atoms with E-state index >= 15 is 0 Å². The van der Waals surface area contributed by atoms with Crippen molar-refractivity contribution in [3.05, 3.63) is 95.1 Å². The fraction of sp³-hybridized carbons (Fsp3) is 0.267. The molecule has 3 aromatic rings. The molecule has 6 amide bonds. The van der Waals surface area contributed by atoms with Gasteiger partial charge in [0.2, 0.25) is 0 Å². The van der Waals surface area contributed by atoms with Gasteiger partial charge in [0.1, 0.15) is 11.5 Å². The monoisotopic (exact) mass is 538 g/mol. The van der Waals surface area contributed by atoms with Crippen LogP contribution in [0.4, 0.5) is 9.59 Å². The minimum absolute atomic E-state index is 0.0960. The smallest absolute Gasteiger partial charge is 0.325 e. The lowest BCUT2D eigenvalue weighted by atomic mass is 9.84. The van der Waals surface area contributed by atoms with E-state index in [2.05, 4.69) is 10.6 Å². The molecule has 0 saturated carbocycles. The van der Waals surface area contributed by atoms with E-state index in [0.717, 1.165) is 11.1 Å². The van der Waals surface area contributed by atoms with Crippen LogP contribution in [-0.4, -0.2) is 46.9 Å². The van der Waals surface area contributed by atoms with Crippen LogP contribution in [-0.2, 0) is 33.8 Å². The van der Waals surface area contributed by atoms with Crippen molar-refractivity contribution in [2.75, 3.05) is 13.2 Å². The van der Waals surface area contributed by atoms with Gasteiger partial charge in [0, 0.05) is 24.0 Å². The Labute approximate surface area is 229 Å². The minimum atomic E-state index is -1.13. The first-order valence-electron chi connectivity index (χ1n) is 13.2. The highest BCUT2D eigenvalue weighted by molar-refractivity contribution is 6.08. The van der Waals surface area contributed by atoms with E-state index in [9.17, 15) is 19.2 Å².